The summed E-state index contributed by atoms with van der Waals surface area (Å²) < 4.78 is 12.8. The minimum absolute atomic E-state index is 0.807. The third kappa shape index (κ3) is 10.5. The second-order valence-corrected chi connectivity index (χ2v) is 25.7. The molecule has 5 aromatic heterocycles. The van der Waals surface area contributed by atoms with Crippen LogP contribution in [0.5, 0.6) is 0 Å². The zero-order valence-corrected chi connectivity index (χ0v) is 55.2. The van der Waals surface area contributed by atoms with Crippen molar-refractivity contribution >= 4 is 115 Å². The number of hydrogen-bond acceptors (Lipinski definition) is 4. The van der Waals surface area contributed by atoms with Gasteiger partial charge in [0.05, 0.1) is 61.2 Å². The summed E-state index contributed by atoms with van der Waals surface area (Å²) in [4.78, 5) is 0. The second-order valence-electron chi connectivity index (χ2n) is 24.8. The molecule has 0 saturated heterocycles. The first-order chi connectivity index (χ1) is 49.1. The van der Waals surface area contributed by atoms with E-state index in [4.69, 9.17) is 10.2 Å². The highest BCUT2D eigenvalue weighted by Crippen LogP contribution is 2.40. The highest BCUT2D eigenvalue weighted by molar-refractivity contribution is 9.10. The van der Waals surface area contributed by atoms with Gasteiger partial charge >= 0.3 is 0 Å². The van der Waals surface area contributed by atoms with Crippen molar-refractivity contribution < 1.29 is 0 Å². The van der Waals surface area contributed by atoms with Crippen LogP contribution in [0.15, 0.2) is 367 Å². The number of aromatic nitrogens is 7. The van der Waals surface area contributed by atoms with E-state index in [1.807, 2.05) is 72.8 Å². The van der Waals surface area contributed by atoms with Crippen LogP contribution in [0.4, 0.5) is 0 Å². The summed E-state index contributed by atoms with van der Waals surface area (Å²) in [6, 6.07) is 124. The molecule has 20 rings (SSSR count). The molecule has 0 atom stereocenters. The lowest BCUT2D eigenvalue weighted by Gasteiger charge is -2.14. The van der Waals surface area contributed by atoms with Crippen molar-refractivity contribution in [3.05, 3.63) is 367 Å². The summed E-state index contributed by atoms with van der Waals surface area (Å²) in [7, 11) is 0. The van der Waals surface area contributed by atoms with Crippen molar-refractivity contribution in [2.24, 2.45) is 10.2 Å². The van der Waals surface area contributed by atoms with Gasteiger partial charge in [0.1, 0.15) is 0 Å². The molecule has 99 heavy (non-hydrogen) atoms. The van der Waals surface area contributed by atoms with Gasteiger partial charge in [-0.05, 0) is 120 Å². The Morgan fingerprint density at radius 2 is 0.485 bits per heavy atom. The monoisotopic (exact) mass is 1330 g/mol. The van der Waals surface area contributed by atoms with Gasteiger partial charge in [-0.2, -0.15) is 10.2 Å². The molecule has 468 valence electrons. The smallest absolute Gasteiger partial charge is 0.168 e. The molecular weight excluding hydrogens is 1270 g/mol. The standard InChI is InChI=1S/C44H29N5.C30H19BrN2.C15H12N2/c1-3-14-30(15-4-1)43-45-46-44(31-16-5-2-6-17-31)49(43)34-26-27-42-38(29-34)37-22-9-12-25-41(37)48(42)33-19-13-18-32(28-33)47-39-23-10-7-20-35(39)36-21-8-11-24-40(36)47;31-20-16-17-30-26(18-20)25-12-3-6-15-29(25)33(30)22-9-7-8-21(19-22)32-27-13-4-1-10-23(27)24-11-2-5-14-28(24)32;1-3-7-12(8-4-1)14-11-15(17-16-14)13-9-5-2-6-10-13/h1-29H;1-19H;1-10H,11H2. The summed E-state index contributed by atoms with van der Waals surface area (Å²) in [6.45, 7) is 0. The van der Waals surface area contributed by atoms with E-state index in [-0.39, 0.29) is 0 Å². The molecule has 14 aromatic carbocycles. The lowest BCUT2D eigenvalue weighted by atomic mass is 10.0. The highest BCUT2D eigenvalue weighted by Gasteiger charge is 2.22. The lowest BCUT2D eigenvalue weighted by Crippen LogP contribution is -2.04. The lowest BCUT2D eigenvalue weighted by molar-refractivity contribution is 1.07. The second kappa shape index (κ2) is 25.1. The molecule has 9 nitrogen and oxygen atoms in total. The molecule has 0 aliphatic carbocycles. The SMILES string of the molecule is Brc1ccc2c(c1)c1ccccc1n2-c1cccc(-n2c3ccccc3c3ccccc32)c1.c1ccc(-c2nnc(-c3ccccc3)n2-c2ccc3c(c2)c2ccccc2n3-c2cccc(-n3c4ccccc4c4ccccc43)c2)cc1.c1ccc(C2=NN=C(c3ccccc3)C2)cc1. The Labute approximate surface area is 579 Å². The highest BCUT2D eigenvalue weighted by atomic mass is 79.9. The van der Waals surface area contributed by atoms with E-state index < -0.39 is 0 Å². The molecule has 1 aliphatic rings. The van der Waals surface area contributed by atoms with E-state index >= 15 is 0 Å². The van der Waals surface area contributed by atoms with Crippen molar-refractivity contribution in [2.75, 3.05) is 0 Å². The van der Waals surface area contributed by atoms with Crippen LogP contribution >= 0.6 is 15.9 Å². The van der Waals surface area contributed by atoms with Crippen LogP contribution in [0.3, 0.4) is 0 Å². The largest absolute Gasteiger partial charge is 0.309 e. The Hall–Kier alpha value is -12.8. The number of halogens is 1. The normalized spacial score (nSPS) is 12.2. The zero-order valence-electron chi connectivity index (χ0n) is 53.6. The fraction of sp³-hybridized carbons (Fsp3) is 0.0112. The van der Waals surface area contributed by atoms with Crippen LogP contribution in [-0.2, 0) is 0 Å². The Bertz CT molecular complexity index is 6120. The number of rotatable bonds is 9. The summed E-state index contributed by atoms with van der Waals surface area (Å²) in [5.74, 6) is 1.61. The van der Waals surface area contributed by atoms with Crippen LogP contribution in [-0.4, -0.2) is 44.5 Å². The Balaban J connectivity index is 0.000000121. The molecule has 0 amide bonds. The maximum absolute atomic E-state index is 4.72. The molecule has 0 fully saturated rings. The first-order valence-corrected chi connectivity index (χ1v) is 34.1. The van der Waals surface area contributed by atoms with E-state index in [0.717, 1.165) is 95.7 Å². The third-order valence-corrected chi connectivity index (χ3v) is 19.5. The van der Waals surface area contributed by atoms with Gasteiger partial charge in [0.15, 0.2) is 11.6 Å². The first kappa shape index (κ1) is 58.8. The minimum Gasteiger partial charge on any atom is -0.309 e. The zero-order chi connectivity index (χ0) is 65.8. The average Bonchev–Trinajstić information content (AvgIpc) is 1.60. The number of fused-ring (bicyclic) bond motifs is 12. The van der Waals surface area contributed by atoms with Crippen LogP contribution in [0.2, 0.25) is 0 Å². The van der Waals surface area contributed by atoms with Gasteiger partial charge in [-0.25, -0.2) is 0 Å². The fourth-order valence-corrected chi connectivity index (χ4v) is 14.9. The molecule has 0 saturated carbocycles. The van der Waals surface area contributed by atoms with Gasteiger partial charge in [0.25, 0.3) is 0 Å². The summed E-state index contributed by atoms with van der Waals surface area (Å²) >= 11 is 3.65. The van der Waals surface area contributed by atoms with Gasteiger partial charge < -0.3 is 18.3 Å². The maximum Gasteiger partial charge on any atom is 0.168 e. The molecule has 10 heteroatoms. The Morgan fingerprint density at radius 1 is 0.212 bits per heavy atom. The number of para-hydroxylation sites is 6. The van der Waals surface area contributed by atoms with Gasteiger partial charge in [-0.15, -0.1) is 10.2 Å². The Kier molecular flexibility index (Phi) is 14.9. The molecule has 0 radical (unpaired) electrons. The topological polar surface area (TPSA) is 75.2 Å². The van der Waals surface area contributed by atoms with Crippen molar-refractivity contribution in [1.29, 1.82) is 0 Å². The predicted molar refractivity (Wildman–Crippen MR) is 414 cm³/mol. The van der Waals surface area contributed by atoms with Gasteiger partial charge in [-0.3, -0.25) is 4.57 Å². The van der Waals surface area contributed by atoms with Crippen molar-refractivity contribution in [3.8, 4) is 51.2 Å². The van der Waals surface area contributed by atoms with E-state index in [1.165, 1.54) is 76.2 Å². The summed E-state index contributed by atoms with van der Waals surface area (Å²) in [6.07, 6.45) is 0.814. The van der Waals surface area contributed by atoms with E-state index in [2.05, 4.69) is 328 Å². The quantitative estimate of drug-likeness (QED) is 0.144. The fourth-order valence-electron chi connectivity index (χ4n) is 14.6. The minimum atomic E-state index is 0.807. The molecule has 6 heterocycles. The van der Waals surface area contributed by atoms with Crippen molar-refractivity contribution in [3.63, 3.8) is 0 Å². The van der Waals surface area contributed by atoms with E-state index in [0.29, 0.717) is 0 Å². The molecular formula is C89H60BrN9. The molecule has 0 bridgehead atoms. The van der Waals surface area contributed by atoms with Crippen molar-refractivity contribution in [2.45, 2.75) is 6.42 Å². The maximum atomic E-state index is 4.72. The Morgan fingerprint density at radius 3 is 0.838 bits per heavy atom. The molecule has 0 spiro atoms. The van der Waals surface area contributed by atoms with Crippen LogP contribution in [0.1, 0.15) is 17.5 Å². The number of nitrogens with zero attached hydrogens (tertiary/aromatic N) is 9. The molecule has 1 aliphatic heterocycles. The predicted octanol–water partition coefficient (Wildman–Crippen LogP) is 22.7. The summed E-state index contributed by atoms with van der Waals surface area (Å²) in [5, 5.41) is 27.9. The van der Waals surface area contributed by atoms with Crippen LogP contribution in [0, 0.1) is 0 Å². The van der Waals surface area contributed by atoms with E-state index in [1.54, 1.807) is 0 Å². The molecule has 19 aromatic rings. The van der Waals surface area contributed by atoms with Crippen LogP contribution < -0.4 is 0 Å². The van der Waals surface area contributed by atoms with E-state index in [9.17, 15) is 0 Å². The van der Waals surface area contributed by atoms with Gasteiger partial charge in [0, 0.05) is 87.9 Å². The molecule has 0 N–H and O–H groups in total. The van der Waals surface area contributed by atoms with Crippen molar-refractivity contribution in [1.82, 2.24) is 33.0 Å². The number of hydrogen-bond donors (Lipinski definition) is 0. The van der Waals surface area contributed by atoms with Gasteiger partial charge in [0.2, 0.25) is 0 Å². The summed E-state index contributed by atoms with van der Waals surface area (Å²) in [5.41, 5.74) is 21.6. The first-order valence-electron chi connectivity index (χ1n) is 33.3. The van der Waals surface area contributed by atoms with Gasteiger partial charge in [-0.1, -0.05) is 259 Å². The molecule has 0 unspecified atom stereocenters. The third-order valence-electron chi connectivity index (χ3n) is 19.0. The van der Waals surface area contributed by atoms with Crippen LogP contribution in [0.25, 0.3) is 138 Å². The number of benzene rings is 14. The average molecular weight is 1340 g/mol.